The molecule has 7 heteroatoms. The number of nitrogens with one attached hydrogen (secondary N) is 2. The van der Waals surface area contributed by atoms with Crippen LogP contribution in [0.1, 0.15) is 31.7 Å². The fraction of sp³-hybridized carbons (Fsp3) is 0.235. The lowest BCUT2D eigenvalue weighted by Crippen LogP contribution is -2.20. The van der Waals surface area contributed by atoms with Gasteiger partial charge in [-0.05, 0) is 60.5 Å². The Morgan fingerprint density at radius 3 is 2.33 bits per heavy atom. The maximum Gasteiger partial charge on any atom is 0.238 e. The number of benzene rings is 2. The van der Waals surface area contributed by atoms with Crippen molar-refractivity contribution in [1.29, 1.82) is 0 Å². The first-order valence-electron chi connectivity index (χ1n) is 7.61. The zero-order chi connectivity index (χ0) is 17.7. The van der Waals surface area contributed by atoms with Crippen LogP contribution >= 0.6 is 12.2 Å². The molecule has 2 aromatic rings. The summed E-state index contributed by atoms with van der Waals surface area (Å²) < 4.78 is 22.5. The Hall–Kier alpha value is -1.96. The highest BCUT2D eigenvalue weighted by Crippen LogP contribution is 2.26. The average molecular weight is 364 g/mol. The number of sulfonamides is 1. The number of thiocarbonyl (C=S) groups is 1. The summed E-state index contributed by atoms with van der Waals surface area (Å²) in [5, 5.41) is 11.8. The third-order valence-electron chi connectivity index (χ3n) is 3.79. The summed E-state index contributed by atoms with van der Waals surface area (Å²) in [7, 11) is -3.69. The molecule has 128 valence electrons. The smallest absolute Gasteiger partial charge is 0.238 e. The molecule has 0 unspecified atom stereocenters. The third-order valence-corrected chi connectivity index (χ3v) is 4.93. The van der Waals surface area contributed by atoms with Crippen molar-refractivity contribution in [1.82, 2.24) is 0 Å². The van der Waals surface area contributed by atoms with Gasteiger partial charge in [0.05, 0.1) is 4.90 Å². The molecule has 0 aliphatic rings. The van der Waals surface area contributed by atoms with E-state index in [1.807, 2.05) is 18.2 Å². The molecule has 0 aliphatic carbocycles. The van der Waals surface area contributed by atoms with E-state index in [-0.39, 0.29) is 4.90 Å². The molecular formula is C17H21N3O2S2. The monoisotopic (exact) mass is 363 g/mol. The summed E-state index contributed by atoms with van der Waals surface area (Å²) in [5.74, 6) is 0.422. The maximum atomic E-state index is 11.3. The van der Waals surface area contributed by atoms with Crippen molar-refractivity contribution >= 4 is 38.7 Å². The van der Waals surface area contributed by atoms with Gasteiger partial charge in [0.25, 0.3) is 0 Å². The predicted molar refractivity (Wildman–Crippen MR) is 103 cm³/mol. The van der Waals surface area contributed by atoms with Crippen LogP contribution in [-0.4, -0.2) is 13.5 Å². The zero-order valence-corrected chi connectivity index (χ0v) is 15.2. The maximum absolute atomic E-state index is 11.3. The van der Waals surface area contributed by atoms with Gasteiger partial charge in [-0.3, -0.25) is 0 Å². The average Bonchev–Trinajstić information content (AvgIpc) is 2.54. The Kier molecular flexibility index (Phi) is 5.93. The highest BCUT2D eigenvalue weighted by atomic mass is 32.2. The molecular weight excluding hydrogens is 342 g/mol. The summed E-state index contributed by atoms with van der Waals surface area (Å²) in [4.78, 5) is 0.0639. The molecule has 0 saturated heterocycles. The highest BCUT2D eigenvalue weighted by Gasteiger charge is 2.10. The molecule has 2 rings (SSSR count). The fourth-order valence-electron chi connectivity index (χ4n) is 2.27. The van der Waals surface area contributed by atoms with Gasteiger partial charge >= 0.3 is 0 Å². The lowest BCUT2D eigenvalue weighted by atomic mass is 9.97. The van der Waals surface area contributed by atoms with Crippen LogP contribution in [0, 0.1) is 0 Å². The van der Waals surface area contributed by atoms with E-state index in [2.05, 4.69) is 30.5 Å². The summed E-state index contributed by atoms with van der Waals surface area (Å²) in [5.41, 5.74) is 2.85. The fourth-order valence-corrected chi connectivity index (χ4v) is 3.02. The van der Waals surface area contributed by atoms with Crippen LogP contribution in [0.5, 0.6) is 0 Å². The SMILES string of the molecule is CC[C@@H](C)c1ccccc1NC(=S)Nc1ccc(S(N)(=O)=O)cc1. The molecule has 2 aromatic carbocycles. The van der Waals surface area contributed by atoms with E-state index in [1.54, 1.807) is 12.1 Å². The molecule has 0 amide bonds. The number of rotatable bonds is 5. The van der Waals surface area contributed by atoms with Crippen LogP contribution in [0.3, 0.4) is 0 Å². The first-order valence-corrected chi connectivity index (χ1v) is 9.56. The van der Waals surface area contributed by atoms with Crippen molar-refractivity contribution in [3.05, 3.63) is 54.1 Å². The van der Waals surface area contributed by atoms with Crippen LogP contribution < -0.4 is 15.8 Å². The number of para-hydroxylation sites is 1. The molecule has 0 radical (unpaired) electrons. The van der Waals surface area contributed by atoms with E-state index in [0.29, 0.717) is 16.7 Å². The minimum absolute atomic E-state index is 0.0639. The number of hydrogen-bond donors (Lipinski definition) is 3. The van der Waals surface area contributed by atoms with Gasteiger partial charge in [0.15, 0.2) is 5.11 Å². The molecule has 0 bridgehead atoms. The van der Waals surface area contributed by atoms with Crippen LogP contribution in [0.2, 0.25) is 0 Å². The zero-order valence-electron chi connectivity index (χ0n) is 13.6. The van der Waals surface area contributed by atoms with Crippen molar-refractivity contribution in [2.45, 2.75) is 31.1 Å². The van der Waals surface area contributed by atoms with E-state index in [1.165, 1.54) is 17.7 Å². The van der Waals surface area contributed by atoms with Crippen molar-refractivity contribution in [3.8, 4) is 0 Å². The molecule has 0 aromatic heterocycles. The quantitative estimate of drug-likeness (QED) is 0.706. The number of primary sulfonamides is 1. The van der Waals surface area contributed by atoms with Gasteiger partial charge in [-0.1, -0.05) is 32.0 Å². The van der Waals surface area contributed by atoms with Crippen LogP contribution in [-0.2, 0) is 10.0 Å². The van der Waals surface area contributed by atoms with E-state index in [0.717, 1.165) is 12.1 Å². The lowest BCUT2D eigenvalue weighted by Gasteiger charge is -2.17. The van der Waals surface area contributed by atoms with Crippen LogP contribution in [0.15, 0.2) is 53.4 Å². The molecule has 5 nitrogen and oxygen atoms in total. The summed E-state index contributed by atoms with van der Waals surface area (Å²) in [6.07, 6.45) is 1.04. The summed E-state index contributed by atoms with van der Waals surface area (Å²) >= 11 is 5.34. The van der Waals surface area contributed by atoms with Gasteiger partial charge in [0.1, 0.15) is 0 Å². The van der Waals surface area contributed by atoms with Gasteiger partial charge in [0.2, 0.25) is 10.0 Å². The Bertz CT molecular complexity index is 818. The molecule has 0 spiro atoms. The largest absolute Gasteiger partial charge is 0.332 e. The van der Waals surface area contributed by atoms with Gasteiger partial charge in [-0.2, -0.15) is 0 Å². The second-order valence-corrected chi connectivity index (χ2v) is 7.51. The molecule has 4 N–H and O–H groups in total. The molecule has 0 saturated carbocycles. The minimum atomic E-state index is -3.69. The number of hydrogen-bond acceptors (Lipinski definition) is 3. The van der Waals surface area contributed by atoms with Crippen molar-refractivity contribution < 1.29 is 8.42 Å². The van der Waals surface area contributed by atoms with E-state index >= 15 is 0 Å². The van der Waals surface area contributed by atoms with E-state index in [9.17, 15) is 8.42 Å². The second-order valence-electron chi connectivity index (χ2n) is 5.55. The van der Waals surface area contributed by atoms with E-state index < -0.39 is 10.0 Å². The standard InChI is InChI=1S/C17H21N3O2S2/c1-3-12(2)15-6-4-5-7-16(15)20-17(23)19-13-8-10-14(11-9-13)24(18,21)22/h4-12H,3H2,1-2H3,(H2,18,21,22)(H2,19,20,23)/t12-/m1/s1. The van der Waals surface area contributed by atoms with Crippen LogP contribution in [0.25, 0.3) is 0 Å². The first-order chi connectivity index (χ1) is 11.3. The Morgan fingerprint density at radius 1 is 1.12 bits per heavy atom. The van der Waals surface area contributed by atoms with Crippen molar-refractivity contribution in [3.63, 3.8) is 0 Å². The first kappa shape index (κ1) is 18.4. The number of anilines is 2. The molecule has 0 aliphatic heterocycles. The lowest BCUT2D eigenvalue weighted by molar-refractivity contribution is 0.598. The van der Waals surface area contributed by atoms with Gasteiger partial charge < -0.3 is 10.6 Å². The molecule has 1 atom stereocenters. The van der Waals surface area contributed by atoms with Gasteiger partial charge in [0, 0.05) is 11.4 Å². The van der Waals surface area contributed by atoms with Gasteiger partial charge in [-0.15, -0.1) is 0 Å². The molecule has 24 heavy (non-hydrogen) atoms. The topological polar surface area (TPSA) is 84.2 Å². The molecule has 0 fully saturated rings. The third kappa shape index (κ3) is 4.77. The Morgan fingerprint density at radius 2 is 1.75 bits per heavy atom. The Balaban J connectivity index is 2.09. The Labute approximate surface area is 148 Å². The molecule has 0 heterocycles. The minimum Gasteiger partial charge on any atom is -0.332 e. The van der Waals surface area contributed by atoms with Crippen LogP contribution in [0.4, 0.5) is 11.4 Å². The van der Waals surface area contributed by atoms with Crippen molar-refractivity contribution in [2.75, 3.05) is 10.6 Å². The predicted octanol–water partition coefficient (Wildman–Crippen LogP) is 3.66. The second kappa shape index (κ2) is 7.74. The normalized spacial score (nSPS) is 12.5. The summed E-state index contributed by atoms with van der Waals surface area (Å²) in [6.45, 7) is 4.31. The van der Waals surface area contributed by atoms with E-state index in [4.69, 9.17) is 17.4 Å². The highest BCUT2D eigenvalue weighted by molar-refractivity contribution is 7.89. The number of nitrogens with two attached hydrogens (primary N) is 1. The summed E-state index contributed by atoms with van der Waals surface area (Å²) in [6, 6.07) is 14.1. The van der Waals surface area contributed by atoms with Gasteiger partial charge in [-0.25, -0.2) is 13.6 Å². The van der Waals surface area contributed by atoms with Crippen molar-refractivity contribution in [2.24, 2.45) is 5.14 Å².